The molecule has 2 atom stereocenters. The van der Waals surface area contributed by atoms with Crippen LogP contribution in [0.5, 0.6) is 0 Å². The summed E-state index contributed by atoms with van der Waals surface area (Å²) in [5.41, 5.74) is 1.35. The van der Waals surface area contributed by atoms with Crippen LogP contribution < -0.4 is 5.32 Å². The Morgan fingerprint density at radius 3 is 2.53 bits per heavy atom. The average molecular weight is 234 g/mol. The van der Waals surface area contributed by atoms with Gasteiger partial charge in [0.25, 0.3) is 0 Å². The molecule has 1 fully saturated rings. The first-order chi connectivity index (χ1) is 8.24. The van der Waals surface area contributed by atoms with Gasteiger partial charge in [-0.05, 0) is 57.4 Å². The lowest BCUT2D eigenvalue weighted by atomic mass is 9.99. The van der Waals surface area contributed by atoms with E-state index in [0.717, 1.165) is 25.8 Å². The molecule has 3 nitrogen and oxygen atoms in total. The van der Waals surface area contributed by atoms with Crippen LogP contribution in [-0.2, 0) is 11.2 Å². The molecule has 0 aliphatic carbocycles. The predicted molar refractivity (Wildman–Crippen MR) is 69.0 cm³/mol. The van der Waals surface area contributed by atoms with Gasteiger partial charge in [-0.2, -0.15) is 0 Å². The van der Waals surface area contributed by atoms with Gasteiger partial charge >= 0.3 is 0 Å². The van der Waals surface area contributed by atoms with Crippen molar-refractivity contribution in [1.82, 2.24) is 10.3 Å². The van der Waals surface area contributed by atoms with Crippen molar-refractivity contribution in [3.8, 4) is 0 Å². The molecule has 0 radical (unpaired) electrons. The number of nitrogens with one attached hydrogen (secondary N) is 1. The Kier molecular flexibility index (Phi) is 4.51. The molecule has 2 rings (SSSR count). The third-order valence-corrected chi connectivity index (χ3v) is 3.29. The molecular weight excluding hydrogens is 212 g/mol. The number of hydrogen-bond acceptors (Lipinski definition) is 3. The largest absolute Gasteiger partial charge is 0.375 e. The van der Waals surface area contributed by atoms with Crippen molar-refractivity contribution < 1.29 is 4.74 Å². The van der Waals surface area contributed by atoms with Gasteiger partial charge in [0.1, 0.15) is 0 Å². The van der Waals surface area contributed by atoms with Crippen molar-refractivity contribution in [1.29, 1.82) is 0 Å². The van der Waals surface area contributed by atoms with E-state index in [1.807, 2.05) is 12.4 Å². The smallest absolute Gasteiger partial charge is 0.0565 e. The Labute approximate surface area is 104 Å². The second-order valence-corrected chi connectivity index (χ2v) is 4.99. The van der Waals surface area contributed by atoms with Gasteiger partial charge in [-0.3, -0.25) is 4.98 Å². The number of hydrogen-bond donors (Lipinski definition) is 1. The fourth-order valence-corrected chi connectivity index (χ4v) is 2.54. The average Bonchev–Trinajstić information content (AvgIpc) is 2.29. The van der Waals surface area contributed by atoms with Crippen LogP contribution in [0.2, 0.25) is 0 Å². The minimum atomic E-state index is 0.386. The SMILES string of the molecule is CC1CC(NCCc2ccncc2)CC(C)O1. The molecule has 0 bridgehead atoms. The van der Waals surface area contributed by atoms with E-state index in [2.05, 4.69) is 36.3 Å². The zero-order valence-corrected chi connectivity index (χ0v) is 10.7. The maximum Gasteiger partial charge on any atom is 0.0565 e. The summed E-state index contributed by atoms with van der Waals surface area (Å²) in [6.07, 6.45) is 7.81. The molecule has 2 unspecified atom stereocenters. The number of nitrogens with zero attached hydrogens (tertiary/aromatic N) is 1. The number of aromatic nitrogens is 1. The Morgan fingerprint density at radius 1 is 1.24 bits per heavy atom. The van der Waals surface area contributed by atoms with Gasteiger partial charge in [-0.15, -0.1) is 0 Å². The minimum Gasteiger partial charge on any atom is -0.375 e. The molecule has 94 valence electrons. The second-order valence-electron chi connectivity index (χ2n) is 4.99. The first-order valence-corrected chi connectivity index (χ1v) is 6.52. The monoisotopic (exact) mass is 234 g/mol. The molecule has 1 aliphatic rings. The molecule has 0 amide bonds. The summed E-state index contributed by atoms with van der Waals surface area (Å²) < 4.78 is 5.73. The molecule has 17 heavy (non-hydrogen) atoms. The van der Waals surface area contributed by atoms with E-state index in [-0.39, 0.29) is 0 Å². The standard InChI is InChI=1S/C14H22N2O/c1-11-9-14(10-12(2)17-11)16-8-5-13-3-6-15-7-4-13/h3-4,6-7,11-12,14,16H,5,8-10H2,1-2H3. The molecule has 0 saturated carbocycles. The molecule has 0 aromatic carbocycles. The fourth-order valence-electron chi connectivity index (χ4n) is 2.54. The summed E-state index contributed by atoms with van der Waals surface area (Å²) in [5, 5.41) is 3.63. The maximum atomic E-state index is 5.73. The van der Waals surface area contributed by atoms with Gasteiger partial charge in [0.2, 0.25) is 0 Å². The fraction of sp³-hybridized carbons (Fsp3) is 0.643. The Morgan fingerprint density at radius 2 is 1.88 bits per heavy atom. The highest BCUT2D eigenvalue weighted by molar-refractivity contribution is 5.09. The van der Waals surface area contributed by atoms with Gasteiger partial charge in [-0.25, -0.2) is 0 Å². The Balaban J connectivity index is 1.71. The number of ether oxygens (including phenoxy) is 1. The van der Waals surface area contributed by atoms with Gasteiger partial charge in [0, 0.05) is 18.4 Å². The van der Waals surface area contributed by atoms with Crippen LogP contribution in [0.25, 0.3) is 0 Å². The van der Waals surface area contributed by atoms with E-state index < -0.39 is 0 Å². The van der Waals surface area contributed by atoms with E-state index in [4.69, 9.17) is 4.74 Å². The molecule has 1 aromatic heterocycles. The van der Waals surface area contributed by atoms with Crippen LogP contribution in [0.4, 0.5) is 0 Å². The minimum absolute atomic E-state index is 0.386. The quantitative estimate of drug-likeness (QED) is 0.867. The summed E-state index contributed by atoms with van der Waals surface area (Å²) >= 11 is 0. The van der Waals surface area contributed by atoms with Gasteiger partial charge < -0.3 is 10.1 Å². The van der Waals surface area contributed by atoms with Crippen molar-refractivity contribution >= 4 is 0 Å². The van der Waals surface area contributed by atoms with Crippen LogP contribution in [0.15, 0.2) is 24.5 Å². The summed E-state index contributed by atoms with van der Waals surface area (Å²) in [6, 6.07) is 4.77. The molecule has 2 heterocycles. The van der Waals surface area contributed by atoms with Crippen LogP contribution in [0.3, 0.4) is 0 Å². The van der Waals surface area contributed by atoms with Gasteiger partial charge in [-0.1, -0.05) is 0 Å². The van der Waals surface area contributed by atoms with Crippen molar-refractivity contribution in [2.75, 3.05) is 6.54 Å². The molecule has 0 spiro atoms. The highest BCUT2D eigenvalue weighted by Gasteiger charge is 2.23. The van der Waals surface area contributed by atoms with E-state index in [1.165, 1.54) is 5.56 Å². The van der Waals surface area contributed by atoms with E-state index in [1.54, 1.807) is 0 Å². The zero-order valence-electron chi connectivity index (χ0n) is 10.7. The van der Waals surface area contributed by atoms with E-state index in [0.29, 0.717) is 18.2 Å². The van der Waals surface area contributed by atoms with E-state index >= 15 is 0 Å². The molecule has 1 saturated heterocycles. The summed E-state index contributed by atoms with van der Waals surface area (Å²) in [5.74, 6) is 0. The lowest BCUT2D eigenvalue weighted by molar-refractivity contribution is -0.0419. The van der Waals surface area contributed by atoms with Crippen molar-refractivity contribution in [2.45, 2.75) is 51.4 Å². The molecule has 3 heteroatoms. The van der Waals surface area contributed by atoms with E-state index in [9.17, 15) is 0 Å². The lowest BCUT2D eigenvalue weighted by Gasteiger charge is -2.32. The van der Waals surface area contributed by atoms with Crippen LogP contribution in [0, 0.1) is 0 Å². The van der Waals surface area contributed by atoms with Crippen LogP contribution >= 0.6 is 0 Å². The van der Waals surface area contributed by atoms with Crippen molar-refractivity contribution in [3.63, 3.8) is 0 Å². The summed E-state index contributed by atoms with van der Waals surface area (Å²) in [7, 11) is 0. The van der Waals surface area contributed by atoms with Crippen molar-refractivity contribution in [2.24, 2.45) is 0 Å². The number of pyridine rings is 1. The highest BCUT2D eigenvalue weighted by atomic mass is 16.5. The van der Waals surface area contributed by atoms with Gasteiger partial charge in [0.05, 0.1) is 12.2 Å². The lowest BCUT2D eigenvalue weighted by Crippen LogP contribution is -2.41. The normalized spacial score (nSPS) is 29.2. The third-order valence-electron chi connectivity index (χ3n) is 3.29. The van der Waals surface area contributed by atoms with Gasteiger partial charge in [0.15, 0.2) is 0 Å². The first-order valence-electron chi connectivity index (χ1n) is 6.52. The molecular formula is C14H22N2O. The second kappa shape index (κ2) is 6.12. The van der Waals surface area contributed by atoms with Crippen molar-refractivity contribution in [3.05, 3.63) is 30.1 Å². The summed E-state index contributed by atoms with van der Waals surface area (Å²) in [4.78, 5) is 4.03. The molecule has 1 aliphatic heterocycles. The highest BCUT2D eigenvalue weighted by Crippen LogP contribution is 2.18. The predicted octanol–water partition coefficient (Wildman–Crippen LogP) is 2.17. The van der Waals surface area contributed by atoms with Crippen LogP contribution in [-0.4, -0.2) is 29.8 Å². The Hall–Kier alpha value is -0.930. The maximum absolute atomic E-state index is 5.73. The molecule has 1 aromatic rings. The Bertz CT molecular complexity index is 318. The topological polar surface area (TPSA) is 34.2 Å². The number of rotatable bonds is 4. The zero-order chi connectivity index (χ0) is 12.1. The summed E-state index contributed by atoms with van der Waals surface area (Å²) in [6.45, 7) is 5.36. The first kappa shape index (κ1) is 12.5. The molecule has 1 N–H and O–H groups in total. The van der Waals surface area contributed by atoms with Crippen LogP contribution in [0.1, 0.15) is 32.3 Å². The third kappa shape index (κ3) is 4.10.